The molecule has 0 amide bonds. The molecule has 16 heavy (non-hydrogen) atoms. The smallest absolute Gasteiger partial charge is 0.213 e. The van der Waals surface area contributed by atoms with Gasteiger partial charge in [0.1, 0.15) is 0 Å². The van der Waals surface area contributed by atoms with Crippen LogP contribution in [0.4, 0.5) is 0 Å². The first-order chi connectivity index (χ1) is 7.33. The minimum atomic E-state index is -3.34. The molecule has 2 N–H and O–H groups in total. The maximum absolute atomic E-state index is 11.5. The third-order valence-electron chi connectivity index (χ3n) is 2.16. The van der Waals surface area contributed by atoms with Crippen LogP contribution in [0.3, 0.4) is 0 Å². The summed E-state index contributed by atoms with van der Waals surface area (Å²) in [6.07, 6.45) is 1.38. The fourth-order valence-electron chi connectivity index (χ4n) is 1.28. The number of hydrogen-bond donors (Lipinski definition) is 2. The quantitative estimate of drug-likeness (QED) is 0.587. The molecule has 0 aliphatic rings. The fourth-order valence-corrected chi connectivity index (χ4v) is 2.29. The van der Waals surface area contributed by atoms with Gasteiger partial charge in [0.05, 0.1) is 18.0 Å². The summed E-state index contributed by atoms with van der Waals surface area (Å²) < 4.78 is 30.3. The van der Waals surface area contributed by atoms with E-state index in [2.05, 4.69) is 4.72 Å². The van der Waals surface area contributed by atoms with E-state index in [1.54, 1.807) is 6.92 Å². The Morgan fingerprint density at radius 3 is 2.50 bits per heavy atom. The zero-order valence-corrected chi connectivity index (χ0v) is 11.1. The van der Waals surface area contributed by atoms with E-state index >= 15 is 0 Å². The van der Waals surface area contributed by atoms with Gasteiger partial charge in [0, 0.05) is 13.2 Å². The summed E-state index contributed by atoms with van der Waals surface area (Å²) >= 11 is 0. The average molecular weight is 253 g/mol. The molecule has 6 heteroatoms. The maximum Gasteiger partial charge on any atom is 0.213 e. The summed E-state index contributed by atoms with van der Waals surface area (Å²) in [5.41, 5.74) is -0.979. The van der Waals surface area contributed by atoms with E-state index in [-0.39, 0.29) is 18.9 Å². The number of hydrogen-bond acceptors (Lipinski definition) is 4. The summed E-state index contributed by atoms with van der Waals surface area (Å²) in [6, 6.07) is 0. The lowest BCUT2D eigenvalue weighted by molar-refractivity contribution is 0.0553. The van der Waals surface area contributed by atoms with Crippen molar-refractivity contribution >= 4 is 10.0 Å². The third kappa shape index (κ3) is 8.04. The zero-order chi connectivity index (χ0) is 12.7. The molecule has 0 saturated heterocycles. The molecule has 0 bridgehead atoms. The monoisotopic (exact) mass is 253 g/mol. The Hall–Kier alpha value is -0.170. The molecule has 0 rings (SSSR count). The molecule has 5 nitrogen and oxygen atoms in total. The lowest BCUT2D eigenvalue weighted by Gasteiger charge is -2.22. The number of rotatable bonds is 9. The molecule has 0 aliphatic carbocycles. The summed E-state index contributed by atoms with van der Waals surface area (Å²) in [4.78, 5) is 0. The molecule has 1 unspecified atom stereocenters. The van der Waals surface area contributed by atoms with Crippen LogP contribution in [0.15, 0.2) is 0 Å². The van der Waals surface area contributed by atoms with Crippen molar-refractivity contribution in [1.29, 1.82) is 0 Å². The first kappa shape index (κ1) is 15.8. The second-order valence-corrected chi connectivity index (χ2v) is 6.01. The molecule has 0 saturated carbocycles. The van der Waals surface area contributed by atoms with Gasteiger partial charge in [0.15, 0.2) is 0 Å². The van der Waals surface area contributed by atoms with Crippen LogP contribution in [0.25, 0.3) is 0 Å². The lowest BCUT2D eigenvalue weighted by Crippen LogP contribution is -2.41. The van der Waals surface area contributed by atoms with Crippen molar-refractivity contribution in [2.45, 2.75) is 39.2 Å². The van der Waals surface area contributed by atoms with Gasteiger partial charge in [-0.2, -0.15) is 0 Å². The predicted molar refractivity (Wildman–Crippen MR) is 63.8 cm³/mol. The Labute approximate surface area is 98.2 Å². The molecule has 0 aromatic rings. The number of sulfonamides is 1. The molecular weight excluding hydrogens is 230 g/mol. The predicted octanol–water partition coefficient (Wildman–Crippen LogP) is 0.493. The molecule has 0 radical (unpaired) electrons. The SMILES string of the molecule is CCCC(C)(O)CNS(=O)(=O)CCOCC. The van der Waals surface area contributed by atoms with Crippen LogP contribution < -0.4 is 4.72 Å². The van der Waals surface area contributed by atoms with E-state index in [4.69, 9.17) is 4.74 Å². The second-order valence-electron chi connectivity index (χ2n) is 4.08. The van der Waals surface area contributed by atoms with Crippen molar-refractivity contribution in [3.8, 4) is 0 Å². The van der Waals surface area contributed by atoms with Gasteiger partial charge in [-0.15, -0.1) is 0 Å². The lowest BCUT2D eigenvalue weighted by atomic mass is 10.0. The highest BCUT2D eigenvalue weighted by Gasteiger charge is 2.21. The van der Waals surface area contributed by atoms with E-state index in [9.17, 15) is 13.5 Å². The third-order valence-corrected chi connectivity index (χ3v) is 3.45. The summed E-state index contributed by atoms with van der Waals surface area (Å²) in [5, 5.41) is 9.79. The van der Waals surface area contributed by atoms with Gasteiger partial charge in [-0.05, 0) is 20.3 Å². The van der Waals surface area contributed by atoms with Crippen LogP contribution in [0.5, 0.6) is 0 Å². The highest BCUT2D eigenvalue weighted by Crippen LogP contribution is 2.10. The molecule has 0 aliphatic heterocycles. The number of aliphatic hydroxyl groups is 1. The van der Waals surface area contributed by atoms with E-state index in [1.165, 1.54) is 0 Å². The van der Waals surface area contributed by atoms with Crippen molar-refractivity contribution in [1.82, 2.24) is 4.72 Å². The van der Waals surface area contributed by atoms with E-state index in [0.29, 0.717) is 13.0 Å². The Bertz CT molecular complexity index is 275. The highest BCUT2D eigenvalue weighted by atomic mass is 32.2. The van der Waals surface area contributed by atoms with Gasteiger partial charge < -0.3 is 9.84 Å². The van der Waals surface area contributed by atoms with Crippen LogP contribution in [0.1, 0.15) is 33.6 Å². The van der Waals surface area contributed by atoms with E-state index in [1.807, 2.05) is 13.8 Å². The van der Waals surface area contributed by atoms with Crippen molar-refractivity contribution in [3.63, 3.8) is 0 Å². The Morgan fingerprint density at radius 2 is 2.00 bits per heavy atom. The van der Waals surface area contributed by atoms with Gasteiger partial charge >= 0.3 is 0 Å². The molecule has 98 valence electrons. The van der Waals surface area contributed by atoms with Crippen molar-refractivity contribution < 1.29 is 18.3 Å². The van der Waals surface area contributed by atoms with Crippen LogP contribution in [0.2, 0.25) is 0 Å². The van der Waals surface area contributed by atoms with Crippen LogP contribution in [0, 0.1) is 0 Å². The average Bonchev–Trinajstić information content (AvgIpc) is 2.16. The summed E-state index contributed by atoms with van der Waals surface area (Å²) in [7, 11) is -3.34. The fraction of sp³-hybridized carbons (Fsp3) is 1.00. The van der Waals surface area contributed by atoms with E-state index in [0.717, 1.165) is 6.42 Å². The molecule has 0 aromatic carbocycles. The topological polar surface area (TPSA) is 75.6 Å². The van der Waals surface area contributed by atoms with Gasteiger partial charge in [-0.3, -0.25) is 0 Å². The maximum atomic E-state index is 11.5. The van der Waals surface area contributed by atoms with Crippen molar-refractivity contribution in [2.75, 3.05) is 25.5 Å². The van der Waals surface area contributed by atoms with E-state index < -0.39 is 15.6 Å². The van der Waals surface area contributed by atoms with Crippen LogP contribution in [-0.4, -0.2) is 44.6 Å². The van der Waals surface area contributed by atoms with Gasteiger partial charge in [0.2, 0.25) is 10.0 Å². The molecule has 0 fully saturated rings. The van der Waals surface area contributed by atoms with Crippen LogP contribution >= 0.6 is 0 Å². The van der Waals surface area contributed by atoms with Crippen LogP contribution in [-0.2, 0) is 14.8 Å². The minimum absolute atomic E-state index is 0.0509. The number of nitrogens with one attached hydrogen (secondary N) is 1. The number of ether oxygens (including phenoxy) is 1. The largest absolute Gasteiger partial charge is 0.389 e. The molecular formula is C10H23NO4S. The first-order valence-corrected chi connectivity index (χ1v) is 7.25. The van der Waals surface area contributed by atoms with Gasteiger partial charge in [-0.1, -0.05) is 13.3 Å². The Kier molecular flexibility index (Phi) is 7.14. The normalized spacial score (nSPS) is 16.0. The molecule has 0 heterocycles. The van der Waals surface area contributed by atoms with Gasteiger partial charge in [-0.25, -0.2) is 13.1 Å². The van der Waals surface area contributed by atoms with Gasteiger partial charge in [0.25, 0.3) is 0 Å². The zero-order valence-electron chi connectivity index (χ0n) is 10.3. The van der Waals surface area contributed by atoms with Crippen molar-refractivity contribution in [3.05, 3.63) is 0 Å². The molecule has 0 aromatic heterocycles. The van der Waals surface area contributed by atoms with Crippen molar-refractivity contribution in [2.24, 2.45) is 0 Å². The first-order valence-electron chi connectivity index (χ1n) is 5.60. The molecule has 1 atom stereocenters. The Balaban J connectivity index is 3.98. The second kappa shape index (κ2) is 7.21. The minimum Gasteiger partial charge on any atom is -0.389 e. The Morgan fingerprint density at radius 1 is 1.38 bits per heavy atom. The molecule has 0 spiro atoms. The standard InChI is InChI=1S/C10H23NO4S/c1-4-6-10(3,12)9-11-16(13,14)8-7-15-5-2/h11-12H,4-9H2,1-3H3. The highest BCUT2D eigenvalue weighted by molar-refractivity contribution is 7.89. The summed E-state index contributed by atoms with van der Waals surface area (Å²) in [5.74, 6) is -0.0664. The summed E-state index contributed by atoms with van der Waals surface area (Å²) in [6.45, 7) is 6.12.